The van der Waals surface area contributed by atoms with E-state index in [1.54, 1.807) is 19.5 Å². The summed E-state index contributed by atoms with van der Waals surface area (Å²) in [5.74, 6) is 1.25. The summed E-state index contributed by atoms with van der Waals surface area (Å²) in [6, 6.07) is 0. The van der Waals surface area contributed by atoms with Crippen molar-refractivity contribution in [2.24, 2.45) is 0 Å². The maximum atomic E-state index is 9.09. The van der Waals surface area contributed by atoms with Gasteiger partial charge in [0, 0.05) is 13.1 Å². The van der Waals surface area contributed by atoms with Crippen LogP contribution in [0.5, 0.6) is 5.88 Å². The van der Waals surface area contributed by atoms with E-state index in [1.807, 2.05) is 4.90 Å². The monoisotopic (exact) mass is 181 g/mol. The molecular weight excluding hydrogens is 170 g/mol. The van der Waals surface area contributed by atoms with Crippen LogP contribution in [-0.2, 0) is 0 Å². The van der Waals surface area contributed by atoms with Crippen LogP contribution in [0.15, 0.2) is 12.4 Å². The van der Waals surface area contributed by atoms with E-state index in [1.165, 1.54) is 0 Å². The predicted molar refractivity (Wildman–Crippen MR) is 46.8 cm³/mol. The lowest BCUT2D eigenvalue weighted by molar-refractivity contribution is 0.141. The molecule has 0 spiro atoms. The van der Waals surface area contributed by atoms with Crippen LogP contribution in [0.2, 0.25) is 0 Å². The molecule has 0 radical (unpaired) electrons. The average molecular weight is 181 g/mol. The molecule has 1 aliphatic rings. The summed E-state index contributed by atoms with van der Waals surface area (Å²) in [5, 5.41) is 9.09. The van der Waals surface area contributed by atoms with Crippen molar-refractivity contribution in [1.82, 2.24) is 9.97 Å². The van der Waals surface area contributed by atoms with Crippen molar-refractivity contribution in [1.29, 1.82) is 0 Å². The summed E-state index contributed by atoms with van der Waals surface area (Å²) < 4.78 is 4.94. The number of hydrogen-bond acceptors (Lipinski definition) is 5. The maximum absolute atomic E-state index is 9.09. The van der Waals surface area contributed by atoms with Crippen molar-refractivity contribution >= 4 is 5.82 Å². The average Bonchev–Trinajstić information content (AvgIpc) is 2.13. The second kappa shape index (κ2) is 3.18. The fourth-order valence-corrected chi connectivity index (χ4v) is 1.23. The van der Waals surface area contributed by atoms with E-state index in [4.69, 9.17) is 9.84 Å². The van der Waals surface area contributed by atoms with Crippen LogP contribution >= 0.6 is 0 Å². The fourth-order valence-electron chi connectivity index (χ4n) is 1.23. The standard InChI is InChI=1S/C8H11N3O2/c1-13-8-3-9-2-7(10-8)11-4-6(12)5-11/h2-3,6,12H,4-5H2,1H3. The molecule has 2 rings (SSSR count). The number of β-amino-alcohol motifs (C(OH)–C–C–N with tert-alkyl or cyclic N) is 1. The third kappa shape index (κ3) is 1.55. The predicted octanol–water partition coefficient (Wildman–Crippen LogP) is -0.334. The van der Waals surface area contributed by atoms with Crippen LogP contribution in [0, 0.1) is 0 Å². The Morgan fingerprint density at radius 1 is 1.54 bits per heavy atom. The molecule has 1 N–H and O–H groups in total. The summed E-state index contributed by atoms with van der Waals surface area (Å²) in [5.41, 5.74) is 0. The molecular formula is C8H11N3O2. The van der Waals surface area contributed by atoms with Crippen molar-refractivity contribution in [2.75, 3.05) is 25.1 Å². The van der Waals surface area contributed by atoms with E-state index < -0.39 is 0 Å². The number of ether oxygens (including phenoxy) is 1. The first-order valence-electron chi connectivity index (χ1n) is 4.08. The Bertz CT molecular complexity index is 299. The van der Waals surface area contributed by atoms with Gasteiger partial charge >= 0.3 is 0 Å². The molecule has 0 amide bonds. The highest BCUT2D eigenvalue weighted by Gasteiger charge is 2.25. The first-order chi connectivity index (χ1) is 6.29. The quantitative estimate of drug-likeness (QED) is 0.676. The minimum absolute atomic E-state index is 0.229. The van der Waals surface area contributed by atoms with Gasteiger partial charge in [0.05, 0.1) is 25.6 Å². The number of rotatable bonds is 2. The van der Waals surface area contributed by atoms with Gasteiger partial charge in [-0.1, -0.05) is 0 Å². The Labute approximate surface area is 76.0 Å². The zero-order chi connectivity index (χ0) is 9.26. The lowest BCUT2D eigenvalue weighted by Gasteiger charge is -2.36. The summed E-state index contributed by atoms with van der Waals surface area (Å²) in [6.45, 7) is 1.25. The molecule has 0 aromatic carbocycles. The highest BCUT2D eigenvalue weighted by molar-refractivity contribution is 5.41. The molecule has 0 aliphatic carbocycles. The molecule has 0 saturated carbocycles. The minimum atomic E-state index is -0.229. The third-order valence-corrected chi connectivity index (χ3v) is 2.00. The Morgan fingerprint density at radius 2 is 2.31 bits per heavy atom. The van der Waals surface area contributed by atoms with Crippen LogP contribution in [0.25, 0.3) is 0 Å². The number of methoxy groups -OCH3 is 1. The minimum Gasteiger partial charge on any atom is -0.480 e. The molecule has 0 unspecified atom stereocenters. The van der Waals surface area contributed by atoms with E-state index in [0.29, 0.717) is 19.0 Å². The Balaban J connectivity index is 2.12. The molecule has 0 bridgehead atoms. The summed E-state index contributed by atoms with van der Waals surface area (Å²) in [4.78, 5) is 10.1. The number of anilines is 1. The summed E-state index contributed by atoms with van der Waals surface area (Å²) in [6.07, 6.45) is 2.99. The molecule has 0 atom stereocenters. The van der Waals surface area contributed by atoms with Gasteiger partial charge in [0.2, 0.25) is 5.88 Å². The molecule has 1 fully saturated rings. The largest absolute Gasteiger partial charge is 0.480 e. The maximum Gasteiger partial charge on any atom is 0.233 e. The normalized spacial score (nSPS) is 16.9. The van der Waals surface area contributed by atoms with Gasteiger partial charge in [-0.15, -0.1) is 0 Å². The smallest absolute Gasteiger partial charge is 0.233 e. The van der Waals surface area contributed by atoms with Gasteiger partial charge in [-0.3, -0.25) is 4.98 Å². The van der Waals surface area contributed by atoms with E-state index in [9.17, 15) is 0 Å². The van der Waals surface area contributed by atoms with Crippen LogP contribution in [-0.4, -0.2) is 41.4 Å². The fraction of sp³-hybridized carbons (Fsp3) is 0.500. The molecule has 1 aromatic rings. The number of aliphatic hydroxyl groups is 1. The van der Waals surface area contributed by atoms with Crippen LogP contribution in [0.3, 0.4) is 0 Å². The SMILES string of the molecule is COc1cncc(N2CC(O)C2)n1. The van der Waals surface area contributed by atoms with E-state index in [-0.39, 0.29) is 6.10 Å². The third-order valence-electron chi connectivity index (χ3n) is 2.00. The number of hydrogen-bond donors (Lipinski definition) is 1. The Hall–Kier alpha value is -1.36. The van der Waals surface area contributed by atoms with Crippen molar-refractivity contribution in [3.05, 3.63) is 12.4 Å². The van der Waals surface area contributed by atoms with Crippen LogP contribution < -0.4 is 9.64 Å². The molecule has 5 nitrogen and oxygen atoms in total. The Kier molecular flexibility index (Phi) is 2.02. The molecule has 1 aromatic heterocycles. The lowest BCUT2D eigenvalue weighted by Crippen LogP contribution is -2.51. The number of aromatic nitrogens is 2. The van der Waals surface area contributed by atoms with Crippen molar-refractivity contribution in [3.63, 3.8) is 0 Å². The zero-order valence-electron chi connectivity index (χ0n) is 7.34. The second-order valence-corrected chi connectivity index (χ2v) is 2.98. The van der Waals surface area contributed by atoms with Crippen molar-refractivity contribution < 1.29 is 9.84 Å². The van der Waals surface area contributed by atoms with Gasteiger partial charge in [-0.05, 0) is 0 Å². The van der Waals surface area contributed by atoms with Gasteiger partial charge in [0.25, 0.3) is 0 Å². The molecule has 5 heteroatoms. The van der Waals surface area contributed by atoms with Gasteiger partial charge in [-0.25, -0.2) is 0 Å². The molecule has 70 valence electrons. The van der Waals surface area contributed by atoms with E-state index in [0.717, 1.165) is 5.82 Å². The first-order valence-corrected chi connectivity index (χ1v) is 4.08. The topological polar surface area (TPSA) is 58.5 Å². The van der Waals surface area contributed by atoms with E-state index in [2.05, 4.69) is 9.97 Å². The molecule has 1 aliphatic heterocycles. The molecule has 13 heavy (non-hydrogen) atoms. The van der Waals surface area contributed by atoms with Crippen molar-refractivity contribution in [3.8, 4) is 5.88 Å². The van der Waals surface area contributed by atoms with Gasteiger partial charge < -0.3 is 14.7 Å². The van der Waals surface area contributed by atoms with Crippen molar-refractivity contribution in [2.45, 2.75) is 6.10 Å². The van der Waals surface area contributed by atoms with E-state index >= 15 is 0 Å². The molecule has 1 saturated heterocycles. The highest BCUT2D eigenvalue weighted by Crippen LogP contribution is 2.19. The summed E-state index contributed by atoms with van der Waals surface area (Å²) >= 11 is 0. The zero-order valence-corrected chi connectivity index (χ0v) is 7.34. The second-order valence-electron chi connectivity index (χ2n) is 2.98. The first kappa shape index (κ1) is 8.25. The van der Waals surface area contributed by atoms with Gasteiger partial charge in [0.1, 0.15) is 0 Å². The van der Waals surface area contributed by atoms with Gasteiger partial charge in [-0.2, -0.15) is 4.98 Å². The lowest BCUT2D eigenvalue weighted by atomic mass is 10.2. The highest BCUT2D eigenvalue weighted by atomic mass is 16.5. The number of aliphatic hydroxyl groups excluding tert-OH is 1. The summed E-state index contributed by atoms with van der Waals surface area (Å²) in [7, 11) is 1.55. The van der Waals surface area contributed by atoms with Gasteiger partial charge in [0.15, 0.2) is 5.82 Å². The van der Waals surface area contributed by atoms with Crippen LogP contribution in [0.4, 0.5) is 5.82 Å². The van der Waals surface area contributed by atoms with Crippen LogP contribution in [0.1, 0.15) is 0 Å². The Morgan fingerprint density at radius 3 is 2.92 bits per heavy atom. The molecule has 2 heterocycles. The number of nitrogens with zero attached hydrogens (tertiary/aromatic N) is 3.